The first-order valence-corrected chi connectivity index (χ1v) is 11.9. The molecule has 1 fully saturated rings. The van der Waals surface area contributed by atoms with Crippen LogP contribution in [0.1, 0.15) is 49.9 Å². The zero-order valence-corrected chi connectivity index (χ0v) is 19.7. The molecular weight excluding hydrogens is 424 g/mol. The Morgan fingerprint density at radius 3 is 2.81 bits per heavy atom. The van der Waals surface area contributed by atoms with E-state index in [2.05, 4.69) is 33.4 Å². The van der Waals surface area contributed by atoms with Gasteiger partial charge in [-0.25, -0.2) is 0 Å². The third kappa shape index (κ3) is 5.61. The second-order valence-corrected chi connectivity index (χ2v) is 10.0. The van der Waals surface area contributed by atoms with Gasteiger partial charge in [-0.15, -0.1) is 0 Å². The van der Waals surface area contributed by atoms with Crippen molar-refractivity contribution in [2.45, 2.75) is 64.3 Å². The third-order valence-corrected chi connectivity index (χ3v) is 6.77. The molecule has 1 saturated carbocycles. The molecule has 0 atom stereocenters. The summed E-state index contributed by atoms with van der Waals surface area (Å²) in [6, 6.07) is 10.6. The number of halogens is 1. The van der Waals surface area contributed by atoms with Crippen LogP contribution in [0.2, 0.25) is 5.02 Å². The van der Waals surface area contributed by atoms with Crippen molar-refractivity contribution >= 4 is 23.2 Å². The van der Waals surface area contributed by atoms with Crippen molar-refractivity contribution in [3.63, 3.8) is 0 Å². The predicted molar refractivity (Wildman–Crippen MR) is 128 cm³/mol. The molecule has 4 rings (SSSR count). The van der Waals surface area contributed by atoms with E-state index in [1.807, 2.05) is 0 Å². The van der Waals surface area contributed by atoms with Crippen molar-refractivity contribution < 1.29 is 9.90 Å². The number of aliphatic hydroxyl groups is 1. The molecule has 1 aromatic heterocycles. The number of hydrogen-bond donors (Lipinski definition) is 2. The van der Waals surface area contributed by atoms with E-state index in [0.29, 0.717) is 16.8 Å². The van der Waals surface area contributed by atoms with Gasteiger partial charge in [-0.3, -0.25) is 14.7 Å². The molecule has 1 aliphatic carbocycles. The fourth-order valence-corrected chi connectivity index (χ4v) is 4.71. The monoisotopic (exact) mass is 456 g/mol. The standard InChI is InChI=1S/C25H33ClN4O2/c1-25(2,32)17-30(16-23-21(26)9-5-12-27-23)24(31)14-28-22-10-3-6-18-11-13-29(15-20(18)22)19-7-4-8-19/h3,5-6,9-10,12,19,28,32H,4,7-8,11,13-17H2,1-2H3. The number of benzene rings is 1. The summed E-state index contributed by atoms with van der Waals surface area (Å²) in [5, 5.41) is 14.3. The van der Waals surface area contributed by atoms with Crippen LogP contribution in [0.25, 0.3) is 0 Å². The number of rotatable bonds is 8. The average molecular weight is 457 g/mol. The Kier molecular flexibility index (Phi) is 7.03. The van der Waals surface area contributed by atoms with Gasteiger partial charge in [0.15, 0.2) is 0 Å². The number of nitrogens with one attached hydrogen (secondary N) is 1. The highest BCUT2D eigenvalue weighted by Gasteiger charge is 2.29. The van der Waals surface area contributed by atoms with Crippen molar-refractivity contribution in [2.24, 2.45) is 0 Å². The highest BCUT2D eigenvalue weighted by Crippen LogP contribution is 2.32. The Balaban J connectivity index is 1.45. The highest BCUT2D eigenvalue weighted by molar-refractivity contribution is 6.31. The first-order valence-electron chi connectivity index (χ1n) is 11.5. The van der Waals surface area contributed by atoms with Gasteiger partial charge in [-0.1, -0.05) is 30.2 Å². The highest BCUT2D eigenvalue weighted by atomic mass is 35.5. The maximum Gasteiger partial charge on any atom is 0.242 e. The number of fused-ring (bicyclic) bond motifs is 1. The summed E-state index contributed by atoms with van der Waals surface area (Å²) < 4.78 is 0. The number of hydrogen-bond acceptors (Lipinski definition) is 5. The number of amides is 1. The lowest BCUT2D eigenvalue weighted by molar-refractivity contribution is -0.133. The molecule has 2 aliphatic rings. The summed E-state index contributed by atoms with van der Waals surface area (Å²) in [6.07, 6.45) is 6.64. The number of nitrogens with zero attached hydrogens (tertiary/aromatic N) is 3. The molecular formula is C25H33ClN4O2. The predicted octanol–water partition coefficient (Wildman–Crippen LogP) is 3.86. The molecule has 0 bridgehead atoms. The summed E-state index contributed by atoms with van der Waals surface area (Å²) in [4.78, 5) is 21.7. The van der Waals surface area contributed by atoms with E-state index in [9.17, 15) is 9.90 Å². The van der Waals surface area contributed by atoms with Crippen molar-refractivity contribution in [1.29, 1.82) is 0 Å². The molecule has 1 aliphatic heterocycles. The molecule has 1 amide bonds. The molecule has 6 nitrogen and oxygen atoms in total. The fourth-order valence-electron chi connectivity index (χ4n) is 4.53. The molecule has 2 aromatic rings. The van der Waals surface area contributed by atoms with Gasteiger partial charge in [0.2, 0.25) is 5.91 Å². The lowest BCUT2D eigenvalue weighted by Gasteiger charge is -2.41. The SMILES string of the molecule is CC(C)(O)CN(Cc1ncccc1Cl)C(=O)CNc1cccc2c1CN(C1CCC1)CC2. The zero-order valence-electron chi connectivity index (χ0n) is 19.0. The van der Waals surface area contributed by atoms with Crippen LogP contribution in [0.5, 0.6) is 0 Å². The molecule has 2 N–H and O–H groups in total. The largest absolute Gasteiger partial charge is 0.389 e. The third-order valence-electron chi connectivity index (χ3n) is 6.43. The lowest BCUT2D eigenvalue weighted by atomic mass is 9.88. The molecule has 172 valence electrons. The maximum atomic E-state index is 13.2. The van der Waals surface area contributed by atoms with Crippen molar-refractivity contribution in [3.05, 3.63) is 58.4 Å². The van der Waals surface area contributed by atoms with Gasteiger partial charge in [-0.05, 0) is 62.4 Å². The van der Waals surface area contributed by atoms with Gasteiger partial charge < -0.3 is 15.3 Å². The average Bonchev–Trinajstić information content (AvgIpc) is 2.71. The van der Waals surface area contributed by atoms with Crippen molar-refractivity contribution in [1.82, 2.24) is 14.8 Å². The summed E-state index contributed by atoms with van der Waals surface area (Å²) >= 11 is 6.27. The smallest absolute Gasteiger partial charge is 0.242 e. The topological polar surface area (TPSA) is 68.7 Å². The van der Waals surface area contributed by atoms with E-state index >= 15 is 0 Å². The Bertz CT molecular complexity index is 955. The Morgan fingerprint density at radius 2 is 2.12 bits per heavy atom. The summed E-state index contributed by atoms with van der Waals surface area (Å²) in [5.41, 5.74) is 3.30. The number of carbonyl (C=O) groups excluding carboxylic acids is 1. The Labute approximate surface area is 195 Å². The van der Waals surface area contributed by atoms with Crippen LogP contribution < -0.4 is 5.32 Å². The number of carbonyl (C=O) groups is 1. The minimum Gasteiger partial charge on any atom is -0.389 e. The number of anilines is 1. The Morgan fingerprint density at radius 1 is 1.31 bits per heavy atom. The normalized spacial score (nSPS) is 16.9. The first kappa shape index (κ1) is 23.0. The Hall–Kier alpha value is -2.15. The first-order chi connectivity index (χ1) is 15.3. The zero-order chi connectivity index (χ0) is 22.7. The van der Waals surface area contributed by atoms with E-state index in [0.717, 1.165) is 25.2 Å². The quantitative estimate of drug-likeness (QED) is 0.631. The molecule has 2 heterocycles. The van der Waals surface area contributed by atoms with Crippen LogP contribution in [-0.2, 0) is 24.3 Å². The molecule has 7 heteroatoms. The van der Waals surface area contributed by atoms with Crippen LogP contribution >= 0.6 is 11.6 Å². The van der Waals surface area contributed by atoms with Gasteiger partial charge >= 0.3 is 0 Å². The van der Waals surface area contributed by atoms with E-state index in [4.69, 9.17) is 11.6 Å². The maximum absolute atomic E-state index is 13.2. The summed E-state index contributed by atoms with van der Waals surface area (Å²) in [7, 11) is 0. The van der Waals surface area contributed by atoms with Crippen LogP contribution in [0, 0.1) is 0 Å². The summed E-state index contributed by atoms with van der Waals surface area (Å²) in [5.74, 6) is -0.0990. The molecule has 0 saturated heterocycles. The lowest BCUT2D eigenvalue weighted by Crippen LogP contribution is -2.44. The van der Waals surface area contributed by atoms with E-state index in [-0.39, 0.29) is 25.5 Å². The van der Waals surface area contributed by atoms with Gasteiger partial charge in [0.25, 0.3) is 0 Å². The van der Waals surface area contributed by atoms with Crippen LogP contribution in [0.3, 0.4) is 0 Å². The molecule has 0 unspecified atom stereocenters. The summed E-state index contributed by atoms with van der Waals surface area (Å²) in [6.45, 7) is 6.06. The number of aromatic nitrogens is 1. The molecule has 0 radical (unpaired) electrons. The van der Waals surface area contributed by atoms with E-state index < -0.39 is 5.60 Å². The van der Waals surface area contributed by atoms with Gasteiger partial charge in [0.05, 0.1) is 29.4 Å². The van der Waals surface area contributed by atoms with Crippen LogP contribution in [0.15, 0.2) is 36.5 Å². The molecule has 32 heavy (non-hydrogen) atoms. The van der Waals surface area contributed by atoms with Gasteiger partial charge in [-0.2, -0.15) is 0 Å². The molecule has 1 aromatic carbocycles. The van der Waals surface area contributed by atoms with Gasteiger partial charge in [0, 0.05) is 37.6 Å². The second-order valence-electron chi connectivity index (χ2n) is 9.60. The fraction of sp³-hybridized carbons (Fsp3) is 0.520. The van der Waals surface area contributed by atoms with Gasteiger partial charge in [0.1, 0.15) is 0 Å². The van der Waals surface area contributed by atoms with Crippen molar-refractivity contribution in [2.75, 3.05) is 25.0 Å². The molecule has 0 spiro atoms. The van der Waals surface area contributed by atoms with Crippen LogP contribution in [-0.4, -0.2) is 57.1 Å². The second kappa shape index (κ2) is 9.77. The minimum atomic E-state index is -1.02. The van der Waals surface area contributed by atoms with Crippen molar-refractivity contribution in [3.8, 4) is 0 Å². The minimum absolute atomic E-state index is 0.0990. The number of pyridine rings is 1. The van der Waals surface area contributed by atoms with E-state index in [1.54, 1.807) is 37.1 Å². The van der Waals surface area contributed by atoms with E-state index in [1.165, 1.54) is 30.4 Å². The van der Waals surface area contributed by atoms with Crippen LogP contribution in [0.4, 0.5) is 5.69 Å².